The van der Waals surface area contributed by atoms with Crippen molar-refractivity contribution in [1.29, 1.82) is 0 Å². The summed E-state index contributed by atoms with van der Waals surface area (Å²) in [4.78, 5) is 33.2. The van der Waals surface area contributed by atoms with Gasteiger partial charge < -0.3 is 16.4 Å². The lowest BCUT2D eigenvalue weighted by Gasteiger charge is -2.11. The van der Waals surface area contributed by atoms with Gasteiger partial charge in [-0.05, 0) is 25.1 Å². The minimum Gasteiger partial charge on any atom is -0.383 e. The Kier molecular flexibility index (Phi) is 6.95. The lowest BCUT2D eigenvalue weighted by atomic mass is 10.2. The van der Waals surface area contributed by atoms with Crippen LogP contribution in [0.25, 0.3) is 5.69 Å². The maximum absolute atomic E-state index is 13.0. The van der Waals surface area contributed by atoms with Gasteiger partial charge in [-0.3, -0.25) is 9.59 Å². The number of amides is 2. The number of hydrogen-bond acceptors (Lipinski definition) is 7. The number of nitrogens with two attached hydrogens (primary N) is 1. The molecule has 0 spiro atoms. The highest BCUT2D eigenvalue weighted by atomic mass is 35.5. The first kappa shape index (κ1) is 25.1. The number of carbonyl (C=O) groups excluding carboxylic acids is 2. The third-order valence-corrected chi connectivity index (χ3v) is 6.40. The molecule has 1 atom stereocenters. The zero-order valence-electron chi connectivity index (χ0n) is 18.4. The molecular weight excluding hydrogens is 519 g/mol. The fourth-order valence-electron chi connectivity index (χ4n) is 3.14. The SMILES string of the molecule is C[C@@H](NC(=O)c1cnn(-c2ccccc2)c1N)c1ncc(C(=O)Nc2cc(C(F)(F)F)c(Cl)cn2)s1. The normalized spacial score (nSPS) is 12.2. The van der Waals surface area contributed by atoms with Crippen LogP contribution < -0.4 is 16.4 Å². The zero-order valence-corrected chi connectivity index (χ0v) is 19.9. The number of nitrogens with zero attached hydrogens (tertiary/aromatic N) is 4. The molecule has 2 amide bonds. The van der Waals surface area contributed by atoms with Crippen LogP contribution in [0.4, 0.5) is 24.8 Å². The number of nitrogen functional groups attached to an aromatic ring is 1. The minimum atomic E-state index is -4.70. The fourth-order valence-corrected chi connectivity index (χ4v) is 4.16. The average Bonchev–Trinajstić information content (AvgIpc) is 3.47. The largest absolute Gasteiger partial charge is 0.418 e. The number of para-hydroxylation sites is 1. The molecule has 0 bridgehead atoms. The van der Waals surface area contributed by atoms with Crippen molar-refractivity contribution in [2.45, 2.75) is 19.1 Å². The topological polar surface area (TPSA) is 128 Å². The first-order valence-corrected chi connectivity index (χ1v) is 11.4. The highest BCUT2D eigenvalue weighted by Crippen LogP contribution is 2.35. The molecule has 0 aliphatic heterocycles. The van der Waals surface area contributed by atoms with Gasteiger partial charge >= 0.3 is 6.18 Å². The van der Waals surface area contributed by atoms with Crippen LogP contribution in [0.15, 0.2) is 55.0 Å². The van der Waals surface area contributed by atoms with E-state index in [0.29, 0.717) is 16.8 Å². The molecule has 3 heterocycles. The zero-order chi connectivity index (χ0) is 26.0. The quantitative estimate of drug-likeness (QED) is 0.328. The number of rotatable bonds is 6. The molecule has 0 radical (unpaired) electrons. The highest BCUT2D eigenvalue weighted by molar-refractivity contribution is 7.13. The van der Waals surface area contributed by atoms with E-state index in [0.717, 1.165) is 17.5 Å². The highest BCUT2D eigenvalue weighted by Gasteiger charge is 2.34. The van der Waals surface area contributed by atoms with Gasteiger partial charge in [0.2, 0.25) is 0 Å². The molecule has 36 heavy (non-hydrogen) atoms. The van der Waals surface area contributed by atoms with Crippen molar-refractivity contribution in [3.63, 3.8) is 0 Å². The van der Waals surface area contributed by atoms with Gasteiger partial charge in [0.15, 0.2) is 0 Å². The molecule has 0 unspecified atom stereocenters. The van der Waals surface area contributed by atoms with Crippen molar-refractivity contribution in [3.8, 4) is 5.69 Å². The molecule has 14 heteroatoms. The Morgan fingerprint density at radius 2 is 1.83 bits per heavy atom. The Bertz CT molecular complexity index is 1420. The van der Waals surface area contributed by atoms with Crippen LogP contribution >= 0.6 is 22.9 Å². The number of pyridine rings is 1. The van der Waals surface area contributed by atoms with Crippen molar-refractivity contribution in [3.05, 3.63) is 81.0 Å². The van der Waals surface area contributed by atoms with Gasteiger partial charge in [-0.1, -0.05) is 29.8 Å². The Morgan fingerprint density at radius 1 is 1.11 bits per heavy atom. The summed E-state index contributed by atoms with van der Waals surface area (Å²) in [5.41, 5.74) is 5.84. The molecule has 0 aliphatic carbocycles. The second kappa shape index (κ2) is 9.95. The summed E-state index contributed by atoms with van der Waals surface area (Å²) < 4.78 is 40.6. The van der Waals surface area contributed by atoms with Crippen molar-refractivity contribution in [1.82, 2.24) is 25.1 Å². The predicted octanol–water partition coefficient (Wildman–Crippen LogP) is 4.72. The number of benzene rings is 1. The maximum atomic E-state index is 13.0. The van der Waals surface area contributed by atoms with Gasteiger partial charge in [0, 0.05) is 6.20 Å². The summed E-state index contributed by atoms with van der Waals surface area (Å²) in [5, 5.41) is 9.00. The van der Waals surface area contributed by atoms with E-state index in [9.17, 15) is 22.8 Å². The molecule has 1 aromatic carbocycles. The molecular formula is C22H17ClF3N7O2S. The van der Waals surface area contributed by atoms with Crippen molar-refractivity contribution in [2.75, 3.05) is 11.1 Å². The van der Waals surface area contributed by atoms with Crippen molar-refractivity contribution >= 4 is 46.4 Å². The summed E-state index contributed by atoms with van der Waals surface area (Å²) in [7, 11) is 0. The third-order valence-electron chi connectivity index (χ3n) is 4.92. The van der Waals surface area contributed by atoms with E-state index >= 15 is 0 Å². The molecule has 186 valence electrons. The number of nitrogens with one attached hydrogen (secondary N) is 2. The second-order valence-corrected chi connectivity index (χ2v) is 8.92. The molecule has 4 aromatic rings. The average molecular weight is 536 g/mol. The standard InChI is InChI=1S/C22H17ClF3N7O2S/c1-11(31-19(34)13-8-30-33(18(13)27)12-5-3-2-4-6-12)21-29-10-16(36-21)20(35)32-17-7-14(22(24,25)26)15(23)9-28-17/h2-11H,27H2,1H3,(H,31,34)(H,28,32,35)/t11-/m1/s1. The van der Waals surface area contributed by atoms with E-state index in [1.165, 1.54) is 17.1 Å². The first-order valence-electron chi connectivity index (χ1n) is 10.2. The minimum absolute atomic E-state index is 0.104. The van der Waals surface area contributed by atoms with E-state index in [2.05, 4.69) is 25.7 Å². The van der Waals surface area contributed by atoms with Gasteiger partial charge in [-0.2, -0.15) is 18.3 Å². The van der Waals surface area contributed by atoms with E-state index in [4.69, 9.17) is 17.3 Å². The molecule has 4 N–H and O–H groups in total. The Hall–Kier alpha value is -3.97. The number of thiazole rings is 1. The summed E-state index contributed by atoms with van der Waals surface area (Å²) in [6, 6.07) is 9.09. The fraction of sp³-hybridized carbons (Fsp3) is 0.136. The van der Waals surface area contributed by atoms with E-state index < -0.39 is 34.6 Å². The summed E-state index contributed by atoms with van der Waals surface area (Å²) in [6.07, 6.45) is -1.30. The van der Waals surface area contributed by atoms with Crippen LogP contribution in [-0.4, -0.2) is 31.6 Å². The Morgan fingerprint density at radius 3 is 2.53 bits per heavy atom. The number of halogens is 4. The van der Waals surface area contributed by atoms with Crippen molar-refractivity contribution in [2.24, 2.45) is 0 Å². The second-order valence-electron chi connectivity index (χ2n) is 7.45. The molecule has 3 aromatic heterocycles. The molecule has 0 aliphatic rings. The number of anilines is 2. The summed E-state index contributed by atoms with van der Waals surface area (Å²) in [5.74, 6) is -1.38. The van der Waals surface area contributed by atoms with E-state index in [1.54, 1.807) is 19.1 Å². The predicted molar refractivity (Wildman–Crippen MR) is 128 cm³/mol. The maximum Gasteiger partial charge on any atom is 0.418 e. The molecule has 0 saturated carbocycles. The Balaban J connectivity index is 1.43. The monoisotopic (exact) mass is 535 g/mol. The molecule has 4 rings (SSSR count). The van der Waals surface area contributed by atoms with Crippen LogP contribution in [0, 0.1) is 0 Å². The van der Waals surface area contributed by atoms with Gasteiger partial charge in [0.05, 0.1) is 34.7 Å². The van der Waals surface area contributed by atoms with Crippen molar-refractivity contribution < 1.29 is 22.8 Å². The van der Waals surface area contributed by atoms with Crippen LogP contribution in [0.5, 0.6) is 0 Å². The summed E-state index contributed by atoms with van der Waals surface area (Å²) in [6.45, 7) is 1.66. The van der Waals surface area contributed by atoms with Gasteiger partial charge in [0.1, 0.15) is 27.1 Å². The lowest BCUT2D eigenvalue weighted by Crippen LogP contribution is -2.27. The van der Waals surface area contributed by atoms with Crippen LogP contribution in [0.1, 0.15) is 43.6 Å². The molecule has 9 nitrogen and oxygen atoms in total. The van der Waals surface area contributed by atoms with Gasteiger partial charge in [-0.25, -0.2) is 14.6 Å². The van der Waals surface area contributed by atoms with E-state index in [1.807, 2.05) is 18.2 Å². The number of alkyl halides is 3. The first-order chi connectivity index (χ1) is 17.0. The third kappa shape index (κ3) is 5.31. The van der Waals surface area contributed by atoms with E-state index in [-0.39, 0.29) is 22.1 Å². The number of carbonyl (C=O) groups is 2. The molecule has 0 fully saturated rings. The van der Waals surface area contributed by atoms with Gasteiger partial charge in [0.25, 0.3) is 11.8 Å². The summed E-state index contributed by atoms with van der Waals surface area (Å²) >= 11 is 6.51. The Labute approximate surface area is 211 Å². The number of aromatic nitrogens is 4. The molecule has 0 saturated heterocycles. The van der Waals surface area contributed by atoms with Crippen LogP contribution in [-0.2, 0) is 6.18 Å². The lowest BCUT2D eigenvalue weighted by molar-refractivity contribution is -0.137. The smallest absolute Gasteiger partial charge is 0.383 e. The van der Waals surface area contributed by atoms with Crippen LogP contribution in [0.2, 0.25) is 5.02 Å². The van der Waals surface area contributed by atoms with Gasteiger partial charge in [-0.15, -0.1) is 11.3 Å². The number of hydrogen-bond donors (Lipinski definition) is 3. The van der Waals surface area contributed by atoms with Crippen LogP contribution in [0.3, 0.4) is 0 Å².